The van der Waals surface area contributed by atoms with Gasteiger partial charge in [0.2, 0.25) is 5.91 Å². The molecule has 2 amide bonds. The minimum Gasteiger partial charge on any atom is -0.341 e. The molecule has 0 saturated carbocycles. The number of likely N-dealkylation sites (tertiary alicyclic amines) is 1. The van der Waals surface area contributed by atoms with Crippen LogP contribution < -0.4 is 5.32 Å². The number of amides is 2. The molecule has 0 aromatic heterocycles. The standard InChI is InChI=1S/C18H25N3O2.ClH/c1-19-9-6-14-7-10-20(11-8-14)17(22)13-21-12-15-4-2-3-5-16(15)18(21)23;/h2-5,14,19H,6-13H2,1H3;1H. The summed E-state index contributed by atoms with van der Waals surface area (Å²) in [6, 6.07) is 7.62. The highest BCUT2D eigenvalue weighted by Gasteiger charge is 2.30. The first kappa shape index (κ1) is 18.7. The Kier molecular flexibility index (Phi) is 6.63. The number of carbonyl (C=O) groups excluding carboxylic acids is 2. The van der Waals surface area contributed by atoms with Crippen LogP contribution in [0.15, 0.2) is 24.3 Å². The fraction of sp³-hybridized carbons (Fsp3) is 0.556. The van der Waals surface area contributed by atoms with E-state index in [-0.39, 0.29) is 30.8 Å². The molecule has 0 aliphatic carbocycles. The molecule has 0 spiro atoms. The molecule has 1 aromatic carbocycles. The van der Waals surface area contributed by atoms with Gasteiger partial charge in [-0.2, -0.15) is 0 Å². The molecular weight excluding hydrogens is 326 g/mol. The molecule has 2 heterocycles. The Morgan fingerprint density at radius 2 is 1.96 bits per heavy atom. The molecule has 0 radical (unpaired) electrons. The van der Waals surface area contributed by atoms with Gasteiger partial charge in [0.25, 0.3) is 5.91 Å². The Morgan fingerprint density at radius 3 is 2.62 bits per heavy atom. The lowest BCUT2D eigenvalue weighted by molar-refractivity contribution is -0.133. The molecule has 1 aromatic rings. The van der Waals surface area contributed by atoms with Crippen molar-refractivity contribution in [2.75, 3.05) is 33.2 Å². The molecule has 1 fully saturated rings. The summed E-state index contributed by atoms with van der Waals surface area (Å²) in [5.41, 5.74) is 1.77. The molecule has 6 heteroatoms. The first-order valence-corrected chi connectivity index (χ1v) is 8.48. The zero-order valence-electron chi connectivity index (χ0n) is 14.2. The molecule has 2 aliphatic rings. The molecule has 0 bridgehead atoms. The molecule has 3 rings (SSSR count). The van der Waals surface area contributed by atoms with Crippen molar-refractivity contribution in [3.63, 3.8) is 0 Å². The summed E-state index contributed by atoms with van der Waals surface area (Å²) < 4.78 is 0. The quantitative estimate of drug-likeness (QED) is 0.881. The molecule has 2 aliphatic heterocycles. The fourth-order valence-electron chi connectivity index (χ4n) is 3.53. The highest BCUT2D eigenvalue weighted by molar-refractivity contribution is 6.00. The van der Waals surface area contributed by atoms with Gasteiger partial charge in [0.05, 0.1) is 0 Å². The number of nitrogens with one attached hydrogen (secondary N) is 1. The van der Waals surface area contributed by atoms with E-state index < -0.39 is 0 Å². The van der Waals surface area contributed by atoms with Crippen LogP contribution in [-0.4, -0.2) is 54.8 Å². The van der Waals surface area contributed by atoms with Crippen molar-refractivity contribution in [1.29, 1.82) is 0 Å². The lowest BCUT2D eigenvalue weighted by Crippen LogP contribution is -2.44. The van der Waals surface area contributed by atoms with E-state index >= 15 is 0 Å². The van der Waals surface area contributed by atoms with Crippen molar-refractivity contribution in [3.8, 4) is 0 Å². The first-order chi connectivity index (χ1) is 11.2. The van der Waals surface area contributed by atoms with E-state index in [1.165, 1.54) is 6.42 Å². The van der Waals surface area contributed by atoms with Crippen LogP contribution in [0.3, 0.4) is 0 Å². The summed E-state index contributed by atoms with van der Waals surface area (Å²) in [5.74, 6) is 0.778. The van der Waals surface area contributed by atoms with Gasteiger partial charge in [0.1, 0.15) is 6.54 Å². The smallest absolute Gasteiger partial charge is 0.254 e. The van der Waals surface area contributed by atoms with Gasteiger partial charge in [0.15, 0.2) is 0 Å². The molecule has 24 heavy (non-hydrogen) atoms. The minimum absolute atomic E-state index is 0. The SMILES string of the molecule is CNCCC1CCN(C(=O)CN2Cc3ccccc3C2=O)CC1.Cl. The van der Waals surface area contributed by atoms with Crippen molar-refractivity contribution in [2.24, 2.45) is 5.92 Å². The van der Waals surface area contributed by atoms with Gasteiger partial charge >= 0.3 is 0 Å². The van der Waals surface area contributed by atoms with Crippen molar-refractivity contribution in [3.05, 3.63) is 35.4 Å². The van der Waals surface area contributed by atoms with Gasteiger partial charge in [-0.15, -0.1) is 12.4 Å². The fourth-order valence-corrected chi connectivity index (χ4v) is 3.53. The summed E-state index contributed by atoms with van der Waals surface area (Å²) in [7, 11) is 1.98. The normalized spacial score (nSPS) is 17.6. The van der Waals surface area contributed by atoms with Crippen molar-refractivity contribution in [1.82, 2.24) is 15.1 Å². The van der Waals surface area contributed by atoms with E-state index in [0.717, 1.165) is 43.6 Å². The number of fused-ring (bicyclic) bond motifs is 1. The van der Waals surface area contributed by atoms with E-state index in [4.69, 9.17) is 0 Å². The highest BCUT2D eigenvalue weighted by Crippen LogP contribution is 2.23. The second-order valence-corrected chi connectivity index (χ2v) is 6.53. The monoisotopic (exact) mass is 351 g/mol. The van der Waals surface area contributed by atoms with Crippen LogP contribution in [0.2, 0.25) is 0 Å². The van der Waals surface area contributed by atoms with E-state index in [1.54, 1.807) is 4.90 Å². The number of nitrogens with zero attached hydrogens (tertiary/aromatic N) is 2. The van der Waals surface area contributed by atoms with E-state index in [2.05, 4.69) is 5.32 Å². The summed E-state index contributed by atoms with van der Waals surface area (Å²) >= 11 is 0. The zero-order valence-corrected chi connectivity index (χ0v) is 15.0. The molecule has 0 atom stereocenters. The molecule has 1 saturated heterocycles. The molecule has 132 valence electrons. The van der Waals surface area contributed by atoms with Gasteiger partial charge in [-0.3, -0.25) is 9.59 Å². The second kappa shape index (κ2) is 8.49. The lowest BCUT2D eigenvalue weighted by Gasteiger charge is -2.33. The Labute approximate surface area is 149 Å². The van der Waals surface area contributed by atoms with Gasteiger partial charge in [-0.05, 0) is 50.4 Å². The number of halogens is 1. The number of hydrogen-bond acceptors (Lipinski definition) is 3. The molecular formula is C18H26ClN3O2. The molecule has 0 unspecified atom stereocenters. The summed E-state index contributed by atoms with van der Waals surface area (Å²) in [6.45, 7) is 3.44. The maximum atomic E-state index is 12.5. The van der Waals surface area contributed by atoms with Crippen molar-refractivity contribution in [2.45, 2.75) is 25.8 Å². The predicted octanol–water partition coefficient (Wildman–Crippen LogP) is 1.91. The number of piperidine rings is 1. The van der Waals surface area contributed by atoms with Crippen LogP contribution in [0.25, 0.3) is 0 Å². The van der Waals surface area contributed by atoms with Crippen LogP contribution in [0.5, 0.6) is 0 Å². The summed E-state index contributed by atoms with van der Waals surface area (Å²) in [6.07, 6.45) is 3.32. The topological polar surface area (TPSA) is 52.7 Å². The average Bonchev–Trinajstić information content (AvgIpc) is 2.90. The van der Waals surface area contributed by atoms with Crippen LogP contribution in [-0.2, 0) is 11.3 Å². The Balaban J connectivity index is 0.00000208. The van der Waals surface area contributed by atoms with E-state index in [0.29, 0.717) is 12.5 Å². The maximum Gasteiger partial charge on any atom is 0.254 e. The second-order valence-electron chi connectivity index (χ2n) is 6.53. The van der Waals surface area contributed by atoms with E-state index in [1.807, 2.05) is 36.2 Å². The Hall–Kier alpha value is -1.59. The third-order valence-corrected chi connectivity index (χ3v) is 4.99. The molecule has 1 N–H and O–H groups in total. The largest absolute Gasteiger partial charge is 0.341 e. The third kappa shape index (κ3) is 4.08. The van der Waals surface area contributed by atoms with Gasteiger partial charge in [-0.1, -0.05) is 18.2 Å². The van der Waals surface area contributed by atoms with Crippen molar-refractivity contribution < 1.29 is 9.59 Å². The van der Waals surface area contributed by atoms with Gasteiger partial charge < -0.3 is 15.1 Å². The predicted molar refractivity (Wildman–Crippen MR) is 96.3 cm³/mol. The molecule has 5 nitrogen and oxygen atoms in total. The number of hydrogen-bond donors (Lipinski definition) is 1. The summed E-state index contributed by atoms with van der Waals surface area (Å²) in [4.78, 5) is 28.4. The maximum absolute atomic E-state index is 12.5. The Bertz CT molecular complexity index is 585. The lowest BCUT2D eigenvalue weighted by atomic mass is 9.93. The number of benzene rings is 1. The van der Waals surface area contributed by atoms with Crippen LogP contribution in [0.4, 0.5) is 0 Å². The van der Waals surface area contributed by atoms with Gasteiger partial charge in [0, 0.05) is 25.2 Å². The number of rotatable bonds is 5. The van der Waals surface area contributed by atoms with Gasteiger partial charge in [-0.25, -0.2) is 0 Å². The number of carbonyl (C=O) groups is 2. The van der Waals surface area contributed by atoms with Crippen molar-refractivity contribution >= 4 is 24.2 Å². The van der Waals surface area contributed by atoms with Crippen LogP contribution in [0, 0.1) is 5.92 Å². The van der Waals surface area contributed by atoms with E-state index in [9.17, 15) is 9.59 Å². The summed E-state index contributed by atoms with van der Waals surface area (Å²) in [5, 5.41) is 3.19. The third-order valence-electron chi connectivity index (χ3n) is 4.99. The van der Waals surface area contributed by atoms with Crippen LogP contribution >= 0.6 is 12.4 Å². The minimum atomic E-state index is -0.0159. The van der Waals surface area contributed by atoms with Crippen LogP contribution in [0.1, 0.15) is 35.2 Å². The average molecular weight is 352 g/mol. The first-order valence-electron chi connectivity index (χ1n) is 8.48. The Morgan fingerprint density at radius 1 is 1.25 bits per heavy atom. The zero-order chi connectivity index (χ0) is 16.2. The highest BCUT2D eigenvalue weighted by atomic mass is 35.5.